The number of ether oxygens (including phenoxy) is 4. The number of amides is 2. The molecule has 2 amide bonds. The number of halogens is 2. The molecule has 3 atom stereocenters. The average Bonchev–Trinajstić information content (AvgIpc) is 4.02. The number of carbonyl (C=O) groups excluding carboxylic acids is 6. The van der Waals surface area contributed by atoms with Crippen molar-refractivity contribution < 1.29 is 118 Å². The van der Waals surface area contributed by atoms with Crippen LogP contribution >= 0.6 is 0 Å². The number of nitriles is 1. The monoisotopic (exact) mass is 1020 g/mol. The number of hydrogen-bond acceptors (Lipinski definition) is 20. The fraction of sp³-hybridized carbons (Fsp3) is 0.349. The number of primary amides is 1. The van der Waals surface area contributed by atoms with Crippen LogP contribution in [0.1, 0.15) is 69.4 Å². The second kappa shape index (κ2) is 28.4. The number of nitrogens with zero attached hydrogens (tertiary/aromatic N) is 10. The van der Waals surface area contributed by atoms with E-state index < -0.39 is 52.2 Å². The van der Waals surface area contributed by atoms with Crippen molar-refractivity contribution in [2.75, 3.05) is 38.5 Å². The second-order valence-electron chi connectivity index (χ2n) is 14.0. The first kappa shape index (κ1) is 61.7. The summed E-state index contributed by atoms with van der Waals surface area (Å²) >= 11 is 0. The van der Waals surface area contributed by atoms with Crippen LogP contribution in [0.15, 0.2) is 48.5 Å². The summed E-state index contributed by atoms with van der Waals surface area (Å²) < 4.78 is 50.1. The quantitative estimate of drug-likeness (QED) is 0.0213. The minimum Gasteiger partial charge on any atom is -0.662 e. The van der Waals surface area contributed by atoms with E-state index in [4.69, 9.17) is 52.3 Å². The molecule has 372 valence electrons. The molecule has 0 radical (unpaired) electrons. The number of rotatable bonds is 15. The Kier molecular flexibility index (Phi) is 24.6. The Morgan fingerprint density at radius 2 is 1.45 bits per heavy atom. The first-order chi connectivity index (χ1) is 32.8. The van der Waals surface area contributed by atoms with E-state index in [1.807, 2.05) is 0 Å². The van der Waals surface area contributed by atoms with Crippen LogP contribution in [0.4, 0.5) is 20.4 Å². The summed E-state index contributed by atoms with van der Waals surface area (Å²) in [6.07, 6.45) is 0. The molecule has 0 fully saturated rings. The molecule has 71 heavy (non-hydrogen) atoms. The zero-order valence-corrected chi connectivity index (χ0v) is 42.0. The number of Topliss-reactive ketones (excluding diaryl/α,β-unsaturated/α-hetero) is 1. The minimum atomic E-state index is -1.69. The van der Waals surface area contributed by atoms with E-state index in [1.165, 1.54) is 56.5 Å². The van der Waals surface area contributed by atoms with Crippen LogP contribution in [0.25, 0.3) is 16.5 Å². The van der Waals surface area contributed by atoms with Crippen LogP contribution < -0.4 is 82.9 Å². The van der Waals surface area contributed by atoms with E-state index in [2.05, 4.69) is 45.2 Å². The molecule has 1 aliphatic rings. The van der Waals surface area contributed by atoms with Crippen molar-refractivity contribution in [3.8, 4) is 29.7 Å². The fourth-order valence-electron chi connectivity index (χ4n) is 5.93. The second-order valence-corrected chi connectivity index (χ2v) is 14.0. The van der Waals surface area contributed by atoms with Gasteiger partial charge >= 0.3 is 81.4 Å². The van der Waals surface area contributed by atoms with Gasteiger partial charge in [-0.3, -0.25) is 33.6 Å². The zero-order valence-electron chi connectivity index (χ0n) is 38.9. The van der Waals surface area contributed by atoms with E-state index in [9.17, 15) is 32.8 Å². The third-order valence-electron chi connectivity index (χ3n) is 9.69. The molecule has 5 N–H and O–H groups in total. The summed E-state index contributed by atoms with van der Waals surface area (Å²) in [5.41, 5.74) is 8.73. The predicted octanol–water partition coefficient (Wildman–Crippen LogP) is -1.11. The third-order valence-corrected chi connectivity index (χ3v) is 9.69. The molecule has 6 rings (SSSR count). The van der Waals surface area contributed by atoms with Gasteiger partial charge in [-0.2, -0.15) is 15.2 Å². The van der Waals surface area contributed by atoms with E-state index in [0.29, 0.717) is 11.1 Å². The van der Waals surface area contributed by atoms with Crippen LogP contribution in [0.2, 0.25) is 0 Å². The van der Waals surface area contributed by atoms with Crippen LogP contribution in [-0.4, -0.2) is 109 Å². The van der Waals surface area contributed by atoms with Crippen LogP contribution in [0.3, 0.4) is 0 Å². The number of nitrogens with one attached hydrogen (secondary N) is 1. The normalized spacial score (nSPS) is 13.8. The first-order valence-corrected chi connectivity index (χ1v) is 19.8. The van der Waals surface area contributed by atoms with Gasteiger partial charge in [0.15, 0.2) is 17.3 Å². The van der Waals surface area contributed by atoms with Crippen molar-refractivity contribution in [3.05, 3.63) is 94.1 Å². The van der Waals surface area contributed by atoms with E-state index >= 15 is 0 Å². The van der Waals surface area contributed by atoms with Crippen molar-refractivity contribution in [2.45, 2.75) is 66.6 Å². The Morgan fingerprint density at radius 1 is 0.944 bits per heavy atom. The smallest absolute Gasteiger partial charge is 0.662 e. The maximum absolute atomic E-state index is 14.1. The number of methoxy groups -OCH3 is 2. The molecule has 4 heterocycles. The number of fused-ring (bicyclic) bond motifs is 1. The summed E-state index contributed by atoms with van der Waals surface area (Å²) in [7, 11) is 2.78. The van der Waals surface area contributed by atoms with Crippen LogP contribution in [0.5, 0.6) is 12.0 Å². The predicted molar refractivity (Wildman–Crippen MR) is 236 cm³/mol. The van der Waals surface area contributed by atoms with Gasteiger partial charge in [0.05, 0.1) is 46.1 Å². The molecule has 5 aromatic rings. The SMILES string of the molecule is C.CCOC(=O)C1(C)C(=O)Nc2nc(-c3nc(OC)n(Cc4ccccc4F)n3)nc(N)c21.COc1nc(C(N)=O)nn1Cc1ccccc1F.O=CO[O-].[C-]#[N+]C(C#N)C(C)(C(C)=O)C(=O)OCC.[K+]. The van der Waals surface area contributed by atoms with Gasteiger partial charge in [0.1, 0.15) is 23.3 Å². The van der Waals surface area contributed by atoms with Gasteiger partial charge in [-0.1, -0.05) is 43.8 Å². The number of anilines is 2. The first-order valence-electron chi connectivity index (χ1n) is 19.8. The summed E-state index contributed by atoms with van der Waals surface area (Å²) in [5, 5.41) is 27.8. The third kappa shape index (κ3) is 14.6. The zero-order chi connectivity index (χ0) is 51.6. The number of nitrogen functional groups attached to an aromatic ring is 1. The van der Waals surface area contributed by atoms with E-state index in [0.717, 1.165) is 0 Å². The number of hydrogen-bond donors (Lipinski definition) is 3. The Hall–Kier alpha value is -7.34. The van der Waals surface area contributed by atoms with Crippen molar-refractivity contribution in [1.82, 2.24) is 39.5 Å². The molecule has 0 bridgehead atoms. The molecule has 2 aromatic carbocycles. The fourth-order valence-corrected chi connectivity index (χ4v) is 5.93. The number of benzene rings is 2. The van der Waals surface area contributed by atoms with Crippen molar-refractivity contribution in [3.63, 3.8) is 0 Å². The summed E-state index contributed by atoms with van der Waals surface area (Å²) in [6.45, 7) is 14.0. The molecule has 3 aromatic heterocycles. The molecule has 28 heteroatoms. The summed E-state index contributed by atoms with van der Waals surface area (Å²) in [5.74, 6) is -4.41. The van der Waals surface area contributed by atoms with Crippen LogP contribution in [0, 0.1) is 35.0 Å². The van der Waals surface area contributed by atoms with Crippen molar-refractivity contribution in [2.24, 2.45) is 11.1 Å². The van der Waals surface area contributed by atoms with E-state index in [-0.39, 0.29) is 144 Å². The Morgan fingerprint density at radius 3 is 1.89 bits per heavy atom. The molecule has 0 saturated carbocycles. The Labute approximate surface area is 447 Å². The van der Waals surface area contributed by atoms with Gasteiger partial charge in [-0.15, -0.1) is 10.2 Å². The molecule has 1 aliphatic heterocycles. The minimum absolute atomic E-state index is 0. The number of ketones is 1. The largest absolute Gasteiger partial charge is 1.00 e. The van der Waals surface area contributed by atoms with Crippen molar-refractivity contribution >= 4 is 47.6 Å². The Balaban J connectivity index is 0.000000550. The molecular weight excluding hydrogens is 968 g/mol. The molecule has 0 saturated heterocycles. The molecule has 3 unspecified atom stereocenters. The Bertz CT molecular complexity index is 2770. The maximum atomic E-state index is 14.1. The number of aromatic nitrogens is 8. The van der Waals surface area contributed by atoms with Crippen molar-refractivity contribution in [1.29, 1.82) is 5.26 Å². The number of nitrogens with two attached hydrogens (primary N) is 2. The van der Waals surface area contributed by atoms with Gasteiger partial charge in [0.25, 0.3) is 12.4 Å². The molecule has 0 aliphatic carbocycles. The topological polar surface area (TPSA) is 351 Å². The molecular formula is C43H48F2KN13O12. The van der Waals surface area contributed by atoms with Gasteiger partial charge < -0.3 is 45.9 Å². The van der Waals surface area contributed by atoms with E-state index in [1.54, 1.807) is 56.3 Å². The maximum Gasteiger partial charge on any atom is 1.00 e. The van der Waals surface area contributed by atoms with Gasteiger partial charge in [0, 0.05) is 11.1 Å². The summed E-state index contributed by atoms with van der Waals surface area (Å²) in [4.78, 5) is 89.6. The number of esters is 2. The van der Waals surface area contributed by atoms with Crippen LogP contribution in [-0.2, 0) is 56.8 Å². The van der Waals surface area contributed by atoms with Gasteiger partial charge in [-0.25, -0.2) is 34.7 Å². The van der Waals surface area contributed by atoms with Gasteiger partial charge in [-0.05, 0) is 46.8 Å². The summed E-state index contributed by atoms with van der Waals surface area (Å²) in [6, 6.07) is 13.0. The number of carbonyl (C=O) groups is 6. The average molecular weight is 1020 g/mol. The molecule has 25 nitrogen and oxygen atoms in total. The molecule has 0 spiro atoms. The van der Waals surface area contributed by atoms with Gasteiger partial charge in [0.2, 0.25) is 28.8 Å². The standard InChI is InChI=1S/C20H20FN7O4.C11H11FN4O2.C10H12N2O3.CH2O3.CH4.K/c1-4-32-18(30)20(2)12-13(22)23-15(24-14(12)25-17(20)29)16-26-19(31-3)28(27-16)9-10-7-5-6-8-11(10)21;1-18-11-14-10(9(13)17)15-16(11)6-7-4-2-3-5-8(7)12;1-5-15-9(14)10(3,7(2)13)8(6-11)12-4;2-1-4-3;;/h5-8H,4,9H2,1-3H3,(H3,22,23,24,25,29);2-5H,6H2,1H3,(H2,13,17);8H,5H2,1-3H3;1,3H;1H4;/q;;;;;+1/p-1.